The SMILES string of the molecule is Cc1cn(C)c(NC(CN(C)C)C(C)C)n1. The molecule has 0 aliphatic carbocycles. The minimum atomic E-state index is 0.426. The summed E-state index contributed by atoms with van der Waals surface area (Å²) in [6, 6.07) is 0.426. The molecule has 0 amide bonds. The van der Waals surface area contributed by atoms with Crippen molar-refractivity contribution in [2.24, 2.45) is 13.0 Å². The van der Waals surface area contributed by atoms with Crippen molar-refractivity contribution in [1.82, 2.24) is 14.5 Å². The van der Waals surface area contributed by atoms with Crippen LogP contribution in [0.2, 0.25) is 0 Å². The Hall–Kier alpha value is -1.03. The molecule has 0 fully saturated rings. The maximum Gasteiger partial charge on any atom is 0.203 e. The molecule has 0 bridgehead atoms. The van der Waals surface area contributed by atoms with Crippen LogP contribution in [-0.2, 0) is 7.05 Å². The number of nitrogens with one attached hydrogen (secondary N) is 1. The van der Waals surface area contributed by atoms with Crippen LogP contribution in [0.15, 0.2) is 6.20 Å². The third kappa shape index (κ3) is 3.52. The summed E-state index contributed by atoms with van der Waals surface area (Å²) in [5.74, 6) is 1.54. The highest BCUT2D eigenvalue weighted by atomic mass is 15.2. The number of anilines is 1. The zero-order chi connectivity index (χ0) is 12.3. The van der Waals surface area contributed by atoms with Crippen molar-refractivity contribution in [2.75, 3.05) is 26.0 Å². The van der Waals surface area contributed by atoms with E-state index in [1.165, 1.54) is 0 Å². The number of imidazole rings is 1. The lowest BCUT2D eigenvalue weighted by molar-refractivity contribution is 0.343. The Labute approximate surface area is 98.7 Å². The molecule has 0 radical (unpaired) electrons. The smallest absolute Gasteiger partial charge is 0.203 e. The largest absolute Gasteiger partial charge is 0.351 e. The molecule has 0 aromatic carbocycles. The van der Waals surface area contributed by atoms with Crippen molar-refractivity contribution in [3.63, 3.8) is 0 Å². The van der Waals surface area contributed by atoms with Gasteiger partial charge in [-0.25, -0.2) is 4.98 Å². The summed E-state index contributed by atoms with van der Waals surface area (Å²) in [6.07, 6.45) is 2.04. The van der Waals surface area contributed by atoms with Gasteiger partial charge < -0.3 is 14.8 Å². The van der Waals surface area contributed by atoms with E-state index >= 15 is 0 Å². The first-order valence-electron chi connectivity index (χ1n) is 5.81. The predicted octanol–water partition coefficient (Wildman–Crippen LogP) is 1.73. The second-order valence-corrected chi connectivity index (χ2v) is 5.07. The minimum Gasteiger partial charge on any atom is -0.351 e. The van der Waals surface area contributed by atoms with Crippen molar-refractivity contribution in [1.29, 1.82) is 0 Å². The molecule has 92 valence electrons. The third-order valence-corrected chi connectivity index (χ3v) is 2.68. The summed E-state index contributed by atoms with van der Waals surface area (Å²) >= 11 is 0. The van der Waals surface area contributed by atoms with E-state index in [2.05, 4.69) is 43.1 Å². The van der Waals surface area contributed by atoms with E-state index in [4.69, 9.17) is 0 Å². The van der Waals surface area contributed by atoms with Crippen LogP contribution in [0.5, 0.6) is 0 Å². The first-order valence-corrected chi connectivity index (χ1v) is 5.81. The fraction of sp³-hybridized carbons (Fsp3) is 0.750. The average molecular weight is 224 g/mol. The van der Waals surface area contributed by atoms with Crippen LogP contribution in [0.4, 0.5) is 5.95 Å². The van der Waals surface area contributed by atoms with Gasteiger partial charge in [0.1, 0.15) is 0 Å². The molecule has 1 unspecified atom stereocenters. The fourth-order valence-corrected chi connectivity index (χ4v) is 1.73. The van der Waals surface area contributed by atoms with Gasteiger partial charge in [0.15, 0.2) is 0 Å². The van der Waals surface area contributed by atoms with Crippen molar-refractivity contribution in [3.8, 4) is 0 Å². The lowest BCUT2D eigenvalue weighted by Crippen LogP contribution is -2.37. The Balaban J connectivity index is 2.71. The quantitative estimate of drug-likeness (QED) is 0.827. The van der Waals surface area contributed by atoms with E-state index in [0.29, 0.717) is 12.0 Å². The molecular weight excluding hydrogens is 200 g/mol. The van der Waals surface area contributed by atoms with Gasteiger partial charge in [-0.2, -0.15) is 0 Å². The van der Waals surface area contributed by atoms with Crippen molar-refractivity contribution >= 4 is 5.95 Å². The number of aromatic nitrogens is 2. The summed E-state index contributed by atoms with van der Waals surface area (Å²) < 4.78 is 2.04. The van der Waals surface area contributed by atoms with E-state index in [9.17, 15) is 0 Å². The second-order valence-electron chi connectivity index (χ2n) is 5.07. The Bertz CT molecular complexity index is 328. The standard InChI is InChI=1S/C12H24N4/c1-9(2)11(8-15(4)5)14-12-13-10(3)7-16(12)6/h7,9,11H,8H2,1-6H3,(H,13,14). The molecule has 1 rings (SSSR count). The van der Waals surface area contributed by atoms with E-state index < -0.39 is 0 Å². The van der Waals surface area contributed by atoms with Gasteiger partial charge in [0.25, 0.3) is 0 Å². The topological polar surface area (TPSA) is 33.1 Å². The molecule has 1 aromatic heterocycles. The maximum atomic E-state index is 4.47. The molecule has 4 heteroatoms. The first kappa shape index (κ1) is 13.0. The van der Waals surface area contributed by atoms with Crippen LogP contribution in [0.25, 0.3) is 0 Å². The number of aryl methyl sites for hydroxylation is 2. The van der Waals surface area contributed by atoms with E-state index in [1.807, 2.05) is 24.7 Å². The predicted molar refractivity (Wildman–Crippen MR) is 68.7 cm³/mol. The molecule has 0 spiro atoms. The highest BCUT2D eigenvalue weighted by molar-refractivity contribution is 5.30. The van der Waals surface area contributed by atoms with Crippen LogP contribution in [0.3, 0.4) is 0 Å². The van der Waals surface area contributed by atoms with Gasteiger partial charge in [-0.15, -0.1) is 0 Å². The minimum absolute atomic E-state index is 0.426. The normalized spacial score (nSPS) is 13.5. The maximum absolute atomic E-state index is 4.47. The van der Waals surface area contributed by atoms with Gasteiger partial charge in [-0.1, -0.05) is 13.8 Å². The molecule has 0 saturated heterocycles. The Kier molecular flexibility index (Phi) is 4.35. The fourth-order valence-electron chi connectivity index (χ4n) is 1.73. The molecule has 1 N–H and O–H groups in total. The number of hydrogen-bond donors (Lipinski definition) is 1. The highest BCUT2D eigenvalue weighted by Gasteiger charge is 2.16. The van der Waals surface area contributed by atoms with Crippen LogP contribution in [-0.4, -0.2) is 41.1 Å². The lowest BCUT2D eigenvalue weighted by atomic mass is 10.0. The van der Waals surface area contributed by atoms with Crippen molar-refractivity contribution in [2.45, 2.75) is 26.8 Å². The van der Waals surface area contributed by atoms with Crippen molar-refractivity contribution in [3.05, 3.63) is 11.9 Å². The summed E-state index contributed by atoms with van der Waals surface area (Å²) in [6.45, 7) is 7.50. The van der Waals surface area contributed by atoms with E-state index in [1.54, 1.807) is 0 Å². The van der Waals surface area contributed by atoms with E-state index in [0.717, 1.165) is 18.2 Å². The Morgan fingerprint density at radius 2 is 2.06 bits per heavy atom. The van der Waals surface area contributed by atoms with Gasteiger partial charge in [0.2, 0.25) is 5.95 Å². The Morgan fingerprint density at radius 3 is 2.44 bits per heavy atom. The molecule has 16 heavy (non-hydrogen) atoms. The van der Waals surface area contributed by atoms with Gasteiger partial charge in [0, 0.05) is 25.8 Å². The monoisotopic (exact) mass is 224 g/mol. The molecular formula is C12H24N4. The lowest BCUT2D eigenvalue weighted by Gasteiger charge is -2.26. The van der Waals surface area contributed by atoms with Crippen LogP contribution >= 0.6 is 0 Å². The van der Waals surface area contributed by atoms with Crippen LogP contribution in [0, 0.1) is 12.8 Å². The van der Waals surface area contributed by atoms with Gasteiger partial charge in [-0.05, 0) is 26.9 Å². The highest BCUT2D eigenvalue weighted by Crippen LogP contribution is 2.12. The van der Waals surface area contributed by atoms with Crippen LogP contribution < -0.4 is 5.32 Å². The molecule has 4 nitrogen and oxygen atoms in total. The number of hydrogen-bond acceptors (Lipinski definition) is 3. The second kappa shape index (κ2) is 5.34. The number of nitrogens with zero attached hydrogens (tertiary/aromatic N) is 3. The first-order chi connectivity index (χ1) is 7.40. The molecule has 1 aromatic rings. The molecule has 0 aliphatic heterocycles. The van der Waals surface area contributed by atoms with Gasteiger partial charge in [-0.3, -0.25) is 0 Å². The van der Waals surface area contributed by atoms with Gasteiger partial charge in [0.05, 0.1) is 5.69 Å². The molecule has 1 atom stereocenters. The molecule has 0 aliphatic rings. The Morgan fingerprint density at radius 1 is 1.44 bits per heavy atom. The van der Waals surface area contributed by atoms with Crippen molar-refractivity contribution < 1.29 is 0 Å². The third-order valence-electron chi connectivity index (χ3n) is 2.68. The van der Waals surface area contributed by atoms with Crippen LogP contribution in [0.1, 0.15) is 19.5 Å². The van der Waals surface area contributed by atoms with Gasteiger partial charge >= 0.3 is 0 Å². The molecule has 0 saturated carbocycles. The number of rotatable bonds is 5. The summed E-state index contributed by atoms with van der Waals surface area (Å²) in [5, 5.41) is 3.51. The van der Waals surface area contributed by atoms with E-state index in [-0.39, 0.29) is 0 Å². The summed E-state index contributed by atoms with van der Waals surface area (Å²) in [5.41, 5.74) is 1.05. The zero-order valence-electron chi connectivity index (χ0n) is 11.3. The summed E-state index contributed by atoms with van der Waals surface area (Å²) in [4.78, 5) is 6.67. The number of likely N-dealkylation sites (N-methyl/N-ethyl adjacent to an activating group) is 1. The zero-order valence-corrected chi connectivity index (χ0v) is 11.3. The summed E-state index contributed by atoms with van der Waals surface area (Å²) in [7, 11) is 6.22. The average Bonchev–Trinajstić information content (AvgIpc) is 2.43. The molecule has 1 heterocycles.